The largest absolute Gasteiger partial charge is 0.480 e. The SMILES string of the molecule is NC(CCC(=O)c1ccccc1)(C(=O)O)C(=O)c1ccccc1. The van der Waals surface area contributed by atoms with Crippen molar-refractivity contribution in [3.8, 4) is 0 Å². The maximum absolute atomic E-state index is 12.4. The fourth-order valence-electron chi connectivity index (χ4n) is 2.24. The number of ketones is 2. The molecule has 1 unspecified atom stereocenters. The van der Waals surface area contributed by atoms with Crippen LogP contribution in [-0.2, 0) is 4.79 Å². The van der Waals surface area contributed by atoms with E-state index in [4.69, 9.17) is 5.73 Å². The van der Waals surface area contributed by atoms with Crippen molar-refractivity contribution < 1.29 is 19.5 Å². The lowest BCUT2D eigenvalue weighted by Crippen LogP contribution is -2.55. The van der Waals surface area contributed by atoms with Gasteiger partial charge in [0.1, 0.15) is 0 Å². The molecule has 0 saturated carbocycles. The van der Waals surface area contributed by atoms with Gasteiger partial charge in [-0.3, -0.25) is 9.59 Å². The van der Waals surface area contributed by atoms with Crippen LogP contribution in [0.4, 0.5) is 0 Å². The first-order chi connectivity index (χ1) is 10.9. The molecular formula is C18H17NO4. The Hall–Kier alpha value is -2.79. The van der Waals surface area contributed by atoms with Crippen molar-refractivity contribution in [3.05, 3.63) is 71.8 Å². The summed E-state index contributed by atoms with van der Waals surface area (Å²) in [5.74, 6) is -2.39. The molecule has 0 bridgehead atoms. The van der Waals surface area contributed by atoms with Crippen molar-refractivity contribution in [1.82, 2.24) is 0 Å². The molecule has 0 amide bonds. The number of aliphatic carboxylic acids is 1. The van der Waals surface area contributed by atoms with Crippen molar-refractivity contribution in [3.63, 3.8) is 0 Å². The highest BCUT2D eigenvalue weighted by Gasteiger charge is 2.42. The van der Waals surface area contributed by atoms with E-state index in [9.17, 15) is 19.5 Å². The Kier molecular flexibility index (Phi) is 5.03. The number of carboxylic acid groups (broad SMARTS) is 1. The van der Waals surface area contributed by atoms with Crippen LogP contribution in [0, 0.1) is 0 Å². The van der Waals surface area contributed by atoms with Crippen LogP contribution in [0.25, 0.3) is 0 Å². The Morgan fingerprint density at radius 3 is 1.83 bits per heavy atom. The van der Waals surface area contributed by atoms with Crippen LogP contribution in [0.15, 0.2) is 60.7 Å². The quantitative estimate of drug-likeness (QED) is 0.604. The van der Waals surface area contributed by atoms with E-state index >= 15 is 0 Å². The van der Waals surface area contributed by atoms with E-state index in [0.717, 1.165) is 0 Å². The first-order valence-electron chi connectivity index (χ1n) is 7.15. The molecule has 3 N–H and O–H groups in total. The van der Waals surface area contributed by atoms with E-state index in [1.165, 1.54) is 12.1 Å². The topological polar surface area (TPSA) is 97.5 Å². The molecular weight excluding hydrogens is 294 g/mol. The van der Waals surface area contributed by atoms with Crippen LogP contribution in [0.1, 0.15) is 33.6 Å². The minimum atomic E-state index is -2.12. The fraction of sp³-hybridized carbons (Fsp3) is 0.167. The monoisotopic (exact) mass is 311 g/mol. The number of hydrogen-bond donors (Lipinski definition) is 2. The molecule has 23 heavy (non-hydrogen) atoms. The molecule has 5 nitrogen and oxygen atoms in total. The lowest BCUT2D eigenvalue weighted by atomic mass is 9.84. The summed E-state index contributed by atoms with van der Waals surface area (Å²) in [6.45, 7) is 0. The number of nitrogens with two attached hydrogens (primary N) is 1. The average molecular weight is 311 g/mol. The van der Waals surface area contributed by atoms with E-state index < -0.39 is 17.3 Å². The van der Waals surface area contributed by atoms with E-state index in [-0.39, 0.29) is 24.2 Å². The summed E-state index contributed by atoms with van der Waals surface area (Å²) in [6.07, 6.45) is -0.380. The second-order valence-electron chi connectivity index (χ2n) is 5.26. The third-order valence-electron chi connectivity index (χ3n) is 3.66. The smallest absolute Gasteiger partial charge is 0.331 e. The highest BCUT2D eigenvalue weighted by molar-refractivity contribution is 6.16. The predicted octanol–water partition coefficient (Wildman–Crippen LogP) is 2.31. The Morgan fingerprint density at radius 1 is 0.870 bits per heavy atom. The minimum Gasteiger partial charge on any atom is -0.480 e. The Morgan fingerprint density at radius 2 is 1.35 bits per heavy atom. The van der Waals surface area contributed by atoms with Crippen LogP contribution in [0.3, 0.4) is 0 Å². The molecule has 0 radical (unpaired) electrons. The van der Waals surface area contributed by atoms with Gasteiger partial charge in [0.15, 0.2) is 17.1 Å². The third-order valence-corrected chi connectivity index (χ3v) is 3.66. The number of carboxylic acids is 1. The van der Waals surface area contributed by atoms with Gasteiger partial charge < -0.3 is 10.8 Å². The van der Waals surface area contributed by atoms with Gasteiger partial charge in [-0.05, 0) is 6.42 Å². The standard InChI is InChI=1S/C18H17NO4/c19-18(17(22)23,16(21)14-9-5-2-6-10-14)12-11-15(20)13-7-3-1-4-8-13/h1-10H,11-12,19H2,(H,22,23). The molecule has 1 atom stereocenters. The number of hydrogen-bond acceptors (Lipinski definition) is 4. The van der Waals surface area contributed by atoms with Gasteiger partial charge in [0.05, 0.1) is 0 Å². The van der Waals surface area contributed by atoms with Crippen LogP contribution >= 0.6 is 0 Å². The molecule has 0 saturated heterocycles. The van der Waals surface area contributed by atoms with Crippen LogP contribution < -0.4 is 5.73 Å². The number of carbonyl (C=O) groups excluding carboxylic acids is 2. The lowest BCUT2D eigenvalue weighted by molar-refractivity contribution is -0.141. The van der Waals surface area contributed by atoms with Gasteiger partial charge in [-0.25, -0.2) is 4.79 Å². The van der Waals surface area contributed by atoms with Gasteiger partial charge >= 0.3 is 5.97 Å². The summed E-state index contributed by atoms with van der Waals surface area (Å²) in [5.41, 5.74) is 4.40. The van der Waals surface area contributed by atoms with Crippen molar-refractivity contribution in [1.29, 1.82) is 0 Å². The van der Waals surface area contributed by atoms with E-state index in [2.05, 4.69) is 0 Å². The molecule has 0 aliphatic rings. The Labute approximate surface area is 133 Å². The molecule has 118 valence electrons. The van der Waals surface area contributed by atoms with Crippen molar-refractivity contribution >= 4 is 17.5 Å². The molecule has 2 aromatic carbocycles. The lowest BCUT2D eigenvalue weighted by Gasteiger charge is -2.23. The van der Waals surface area contributed by atoms with Gasteiger partial charge in [0, 0.05) is 17.5 Å². The molecule has 0 heterocycles. The van der Waals surface area contributed by atoms with Crippen LogP contribution in [-0.4, -0.2) is 28.2 Å². The van der Waals surface area contributed by atoms with Crippen molar-refractivity contribution in [2.24, 2.45) is 5.73 Å². The highest BCUT2D eigenvalue weighted by atomic mass is 16.4. The minimum absolute atomic E-state index is 0.120. The summed E-state index contributed by atoms with van der Waals surface area (Å²) < 4.78 is 0. The Bertz CT molecular complexity index is 712. The van der Waals surface area contributed by atoms with Gasteiger partial charge in [-0.15, -0.1) is 0 Å². The van der Waals surface area contributed by atoms with Gasteiger partial charge in [-0.2, -0.15) is 0 Å². The molecule has 0 fully saturated rings. The molecule has 5 heteroatoms. The van der Waals surface area contributed by atoms with Crippen LogP contribution in [0.2, 0.25) is 0 Å². The zero-order chi connectivity index (χ0) is 16.9. The maximum atomic E-state index is 12.4. The van der Waals surface area contributed by atoms with E-state index in [1.807, 2.05) is 0 Å². The number of rotatable bonds is 7. The highest BCUT2D eigenvalue weighted by Crippen LogP contribution is 2.19. The zero-order valence-corrected chi connectivity index (χ0v) is 12.4. The van der Waals surface area contributed by atoms with Gasteiger partial charge in [0.2, 0.25) is 0 Å². The summed E-state index contributed by atoms with van der Waals surface area (Å²) in [4.78, 5) is 36.1. The third kappa shape index (κ3) is 3.70. The second kappa shape index (κ2) is 6.98. The average Bonchev–Trinajstić information content (AvgIpc) is 2.60. The molecule has 0 aromatic heterocycles. The number of benzene rings is 2. The van der Waals surface area contributed by atoms with E-state index in [1.54, 1.807) is 48.5 Å². The summed E-state index contributed by atoms with van der Waals surface area (Å²) in [6, 6.07) is 16.5. The van der Waals surface area contributed by atoms with Crippen molar-refractivity contribution in [2.75, 3.05) is 0 Å². The first kappa shape index (κ1) is 16.6. The van der Waals surface area contributed by atoms with E-state index in [0.29, 0.717) is 5.56 Å². The summed E-state index contributed by atoms with van der Waals surface area (Å²) in [5, 5.41) is 9.39. The normalized spacial score (nSPS) is 13.1. The Balaban J connectivity index is 2.17. The number of carbonyl (C=O) groups is 3. The molecule has 2 aromatic rings. The molecule has 0 aliphatic heterocycles. The molecule has 0 spiro atoms. The van der Waals surface area contributed by atoms with Crippen molar-refractivity contribution in [2.45, 2.75) is 18.4 Å². The zero-order valence-electron chi connectivity index (χ0n) is 12.4. The molecule has 0 aliphatic carbocycles. The first-order valence-corrected chi connectivity index (χ1v) is 7.15. The second-order valence-corrected chi connectivity index (χ2v) is 5.26. The van der Waals surface area contributed by atoms with Gasteiger partial charge in [0.25, 0.3) is 0 Å². The fourth-order valence-corrected chi connectivity index (χ4v) is 2.24. The number of Topliss-reactive ketones (excluding diaryl/α,β-unsaturated/α-hetero) is 2. The molecule has 2 rings (SSSR count). The predicted molar refractivity (Wildman–Crippen MR) is 85.3 cm³/mol. The summed E-state index contributed by atoms with van der Waals surface area (Å²) in [7, 11) is 0. The summed E-state index contributed by atoms with van der Waals surface area (Å²) >= 11 is 0. The van der Waals surface area contributed by atoms with Crippen LogP contribution in [0.5, 0.6) is 0 Å². The van der Waals surface area contributed by atoms with Gasteiger partial charge in [-0.1, -0.05) is 60.7 Å². The maximum Gasteiger partial charge on any atom is 0.331 e.